The van der Waals surface area contributed by atoms with Crippen LogP contribution in [0.3, 0.4) is 0 Å². The molecule has 1 atom stereocenters. The van der Waals surface area contributed by atoms with Crippen LogP contribution in [0.15, 0.2) is 18.2 Å². The molecule has 1 aromatic rings. The van der Waals surface area contributed by atoms with Crippen molar-refractivity contribution in [2.24, 2.45) is 0 Å². The minimum atomic E-state index is -0.633. The fraction of sp³-hybridized carbons (Fsp3) is 0.400. The van der Waals surface area contributed by atoms with E-state index in [1.54, 1.807) is 6.07 Å². The number of ether oxygens (including phenoxy) is 1. The number of nitrogens with one attached hydrogen (secondary N) is 2. The lowest BCUT2D eigenvalue weighted by molar-refractivity contribution is -0.149. The van der Waals surface area contributed by atoms with Gasteiger partial charge in [-0.15, -0.1) is 0 Å². The third-order valence-electron chi connectivity index (χ3n) is 3.50. The number of carbonyl (C=O) groups is 3. The van der Waals surface area contributed by atoms with Gasteiger partial charge in [-0.3, -0.25) is 9.59 Å². The largest absolute Gasteiger partial charge is 0.454 e. The molecule has 1 heterocycles. The first-order valence-electron chi connectivity index (χ1n) is 6.79. The van der Waals surface area contributed by atoms with E-state index in [4.69, 9.17) is 4.74 Å². The molecular weight excluding hydrogens is 272 g/mol. The monoisotopic (exact) mass is 290 g/mol. The number of aryl methyl sites for hydroxylation is 1. The van der Waals surface area contributed by atoms with Crippen molar-refractivity contribution < 1.29 is 19.1 Å². The van der Waals surface area contributed by atoms with Gasteiger partial charge in [0.1, 0.15) is 6.04 Å². The summed E-state index contributed by atoms with van der Waals surface area (Å²) in [6.45, 7) is 3.50. The van der Waals surface area contributed by atoms with E-state index < -0.39 is 17.9 Å². The second-order valence-electron chi connectivity index (χ2n) is 5.06. The zero-order valence-electron chi connectivity index (χ0n) is 12.1. The topological polar surface area (TPSA) is 84.5 Å². The van der Waals surface area contributed by atoms with Gasteiger partial charge in [-0.2, -0.15) is 0 Å². The molecule has 0 spiro atoms. The third-order valence-corrected chi connectivity index (χ3v) is 3.50. The van der Waals surface area contributed by atoms with E-state index >= 15 is 0 Å². The van der Waals surface area contributed by atoms with Crippen molar-refractivity contribution >= 4 is 23.5 Å². The Balaban J connectivity index is 1.83. The summed E-state index contributed by atoms with van der Waals surface area (Å²) in [5.41, 5.74) is 2.74. The van der Waals surface area contributed by atoms with Crippen LogP contribution < -0.4 is 10.6 Å². The molecule has 0 aliphatic carbocycles. The summed E-state index contributed by atoms with van der Waals surface area (Å²) >= 11 is 0. The third kappa shape index (κ3) is 3.81. The van der Waals surface area contributed by atoms with Crippen molar-refractivity contribution in [3.05, 3.63) is 29.3 Å². The van der Waals surface area contributed by atoms with Crippen LogP contribution in [0.25, 0.3) is 0 Å². The maximum absolute atomic E-state index is 11.8. The quantitative estimate of drug-likeness (QED) is 0.812. The molecule has 6 nitrogen and oxygen atoms in total. The molecule has 0 radical (unpaired) electrons. The number of carbonyl (C=O) groups excluding carboxylic acids is 3. The molecule has 2 amide bonds. The normalized spacial score (nSPS) is 17.2. The molecule has 6 heteroatoms. The lowest BCUT2D eigenvalue weighted by Gasteiger charge is -2.12. The highest BCUT2D eigenvalue weighted by molar-refractivity contribution is 5.94. The van der Waals surface area contributed by atoms with Crippen molar-refractivity contribution in [1.82, 2.24) is 5.32 Å². The molecule has 1 saturated heterocycles. The van der Waals surface area contributed by atoms with E-state index in [9.17, 15) is 14.4 Å². The maximum atomic E-state index is 11.8. The summed E-state index contributed by atoms with van der Waals surface area (Å²) in [6.07, 6.45) is 0.727. The lowest BCUT2D eigenvalue weighted by Crippen LogP contribution is -2.36. The summed E-state index contributed by atoms with van der Waals surface area (Å²) in [6, 6.07) is 4.96. The Bertz CT molecular complexity index is 583. The van der Waals surface area contributed by atoms with Crippen LogP contribution in [-0.2, 0) is 19.1 Å². The maximum Gasteiger partial charge on any atom is 0.329 e. The van der Waals surface area contributed by atoms with Crippen LogP contribution in [0, 0.1) is 13.8 Å². The SMILES string of the molecule is Cc1cccc(NC(=O)COC(=O)[C@@H]2CCC(=O)N2)c1C. The standard InChI is InChI=1S/C15H18N2O4/c1-9-4-3-5-11(10(9)2)16-14(19)8-21-15(20)12-6-7-13(18)17-12/h3-5,12H,6-8H2,1-2H3,(H,16,19)(H,17,18)/t12-/m0/s1. The highest BCUT2D eigenvalue weighted by Crippen LogP contribution is 2.17. The van der Waals surface area contributed by atoms with E-state index in [1.165, 1.54) is 0 Å². The van der Waals surface area contributed by atoms with Crippen LogP contribution in [0.4, 0.5) is 5.69 Å². The fourth-order valence-corrected chi connectivity index (χ4v) is 2.10. The molecule has 0 bridgehead atoms. The predicted molar refractivity (Wildman–Crippen MR) is 76.7 cm³/mol. The molecule has 1 aliphatic heterocycles. The van der Waals surface area contributed by atoms with Gasteiger partial charge >= 0.3 is 5.97 Å². The van der Waals surface area contributed by atoms with Crippen molar-refractivity contribution in [2.45, 2.75) is 32.7 Å². The smallest absolute Gasteiger partial charge is 0.329 e. The first kappa shape index (κ1) is 15.0. The Morgan fingerprint density at radius 1 is 1.38 bits per heavy atom. The Labute approximate surface area is 122 Å². The Morgan fingerprint density at radius 3 is 2.81 bits per heavy atom. The minimum Gasteiger partial charge on any atom is -0.454 e. The van der Waals surface area contributed by atoms with Crippen molar-refractivity contribution in [3.8, 4) is 0 Å². The molecule has 2 rings (SSSR count). The first-order chi connectivity index (χ1) is 9.97. The van der Waals surface area contributed by atoms with Crippen molar-refractivity contribution in [1.29, 1.82) is 0 Å². The number of benzene rings is 1. The molecule has 112 valence electrons. The van der Waals surface area contributed by atoms with Gasteiger partial charge in [-0.05, 0) is 37.5 Å². The van der Waals surface area contributed by atoms with Gasteiger partial charge < -0.3 is 15.4 Å². The molecule has 2 N–H and O–H groups in total. The highest BCUT2D eigenvalue weighted by atomic mass is 16.5. The van der Waals surface area contributed by atoms with Gasteiger partial charge in [-0.25, -0.2) is 4.79 Å². The summed E-state index contributed by atoms with van der Waals surface area (Å²) in [4.78, 5) is 34.4. The summed E-state index contributed by atoms with van der Waals surface area (Å²) in [5, 5.41) is 5.20. The summed E-state index contributed by atoms with van der Waals surface area (Å²) < 4.78 is 4.91. The molecule has 1 aromatic carbocycles. The molecule has 0 saturated carbocycles. The van der Waals surface area contributed by atoms with Gasteiger partial charge in [0.2, 0.25) is 5.91 Å². The average molecular weight is 290 g/mol. The number of amides is 2. The van der Waals surface area contributed by atoms with Crippen molar-refractivity contribution in [3.63, 3.8) is 0 Å². The van der Waals surface area contributed by atoms with E-state index in [2.05, 4.69) is 10.6 Å². The lowest BCUT2D eigenvalue weighted by atomic mass is 10.1. The van der Waals surface area contributed by atoms with Crippen LogP contribution >= 0.6 is 0 Å². The number of hydrogen-bond acceptors (Lipinski definition) is 4. The Kier molecular flexibility index (Phi) is 4.57. The van der Waals surface area contributed by atoms with Crippen molar-refractivity contribution in [2.75, 3.05) is 11.9 Å². The Morgan fingerprint density at radius 2 is 2.14 bits per heavy atom. The van der Waals surface area contributed by atoms with Gasteiger partial charge in [-0.1, -0.05) is 12.1 Å². The summed E-state index contributed by atoms with van der Waals surface area (Å²) in [7, 11) is 0. The zero-order chi connectivity index (χ0) is 15.4. The fourth-order valence-electron chi connectivity index (χ4n) is 2.10. The van der Waals surface area contributed by atoms with Crippen LogP contribution in [0.5, 0.6) is 0 Å². The van der Waals surface area contributed by atoms with Crippen LogP contribution in [0.2, 0.25) is 0 Å². The predicted octanol–water partition coefficient (Wildman–Crippen LogP) is 1.06. The van der Waals surface area contributed by atoms with Gasteiger partial charge in [0.25, 0.3) is 5.91 Å². The number of hydrogen-bond donors (Lipinski definition) is 2. The highest BCUT2D eigenvalue weighted by Gasteiger charge is 2.28. The molecular formula is C15H18N2O4. The molecule has 21 heavy (non-hydrogen) atoms. The van der Waals surface area contributed by atoms with E-state index in [0.29, 0.717) is 18.5 Å². The first-order valence-corrected chi connectivity index (χ1v) is 6.79. The zero-order valence-corrected chi connectivity index (χ0v) is 12.1. The molecule has 1 fully saturated rings. The second kappa shape index (κ2) is 6.39. The molecule has 1 aliphatic rings. The molecule has 0 aromatic heterocycles. The minimum absolute atomic E-state index is 0.170. The summed E-state index contributed by atoms with van der Waals surface area (Å²) in [5.74, 6) is -1.14. The van der Waals surface area contributed by atoms with E-state index in [1.807, 2.05) is 26.0 Å². The van der Waals surface area contributed by atoms with Crippen LogP contribution in [0.1, 0.15) is 24.0 Å². The second-order valence-corrected chi connectivity index (χ2v) is 5.06. The number of esters is 1. The van der Waals surface area contributed by atoms with Gasteiger partial charge in [0, 0.05) is 12.1 Å². The van der Waals surface area contributed by atoms with Gasteiger partial charge in [0.15, 0.2) is 6.61 Å². The number of anilines is 1. The molecule has 0 unspecified atom stereocenters. The average Bonchev–Trinajstić information content (AvgIpc) is 2.88. The Hall–Kier alpha value is -2.37. The van der Waals surface area contributed by atoms with E-state index in [0.717, 1.165) is 11.1 Å². The van der Waals surface area contributed by atoms with Gasteiger partial charge in [0.05, 0.1) is 0 Å². The number of rotatable bonds is 4. The van der Waals surface area contributed by atoms with Crippen LogP contribution in [-0.4, -0.2) is 30.4 Å². The van der Waals surface area contributed by atoms with E-state index in [-0.39, 0.29) is 12.5 Å².